The molecular formula is C22H24ClN3O3. The number of hydrazine groups is 1. The average molecular weight is 414 g/mol. The third kappa shape index (κ3) is 5.35. The molecule has 0 aliphatic carbocycles. The zero-order chi connectivity index (χ0) is 20.8. The van der Waals surface area contributed by atoms with Crippen molar-refractivity contribution in [1.82, 2.24) is 15.8 Å². The fourth-order valence-corrected chi connectivity index (χ4v) is 3.46. The van der Waals surface area contributed by atoms with Crippen LogP contribution in [0.2, 0.25) is 5.02 Å². The van der Waals surface area contributed by atoms with Gasteiger partial charge in [0, 0.05) is 29.2 Å². The minimum Gasteiger partial charge on any atom is -0.338 e. The summed E-state index contributed by atoms with van der Waals surface area (Å²) in [5.41, 5.74) is 7.11. The quantitative estimate of drug-likeness (QED) is 0.755. The molecule has 0 aromatic heterocycles. The van der Waals surface area contributed by atoms with Gasteiger partial charge in [-0.3, -0.25) is 25.2 Å². The van der Waals surface area contributed by atoms with Crippen molar-refractivity contribution >= 4 is 29.3 Å². The van der Waals surface area contributed by atoms with Gasteiger partial charge in [-0.1, -0.05) is 30.7 Å². The maximum absolute atomic E-state index is 12.7. The number of carbonyl (C=O) groups is 3. The molecule has 1 aliphatic heterocycles. The van der Waals surface area contributed by atoms with Gasteiger partial charge in [0.15, 0.2) is 0 Å². The lowest BCUT2D eigenvalue weighted by Crippen LogP contribution is -2.50. The summed E-state index contributed by atoms with van der Waals surface area (Å²) in [6, 6.07) is 13.9. The predicted molar refractivity (Wildman–Crippen MR) is 112 cm³/mol. The molecule has 29 heavy (non-hydrogen) atoms. The molecule has 1 saturated heterocycles. The lowest BCUT2D eigenvalue weighted by Gasteiger charge is -2.32. The maximum Gasteiger partial charge on any atom is 0.269 e. The summed E-state index contributed by atoms with van der Waals surface area (Å²) in [7, 11) is 0. The molecule has 2 aromatic rings. The van der Waals surface area contributed by atoms with Crippen LogP contribution in [0.3, 0.4) is 0 Å². The van der Waals surface area contributed by atoms with E-state index in [4.69, 9.17) is 11.6 Å². The first-order valence-electron chi connectivity index (χ1n) is 9.72. The fourth-order valence-electron chi connectivity index (χ4n) is 3.34. The second-order valence-corrected chi connectivity index (χ2v) is 7.53. The Labute approximate surface area is 175 Å². The molecule has 1 unspecified atom stereocenters. The Balaban J connectivity index is 1.54. The van der Waals surface area contributed by atoms with Crippen LogP contribution in [0.5, 0.6) is 0 Å². The van der Waals surface area contributed by atoms with Crippen LogP contribution in [0.1, 0.15) is 46.0 Å². The molecule has 1 aliphatic rings. The fraction of sp³-hybridized carbons (Fsp3) is 0.318. The van der Waals surface area contributed by atoms with E-state index in [9.17, 15) is 14.4 Å². The Morgan fingerprint density at radius 3 is 2.31 bits per heavy atom. The smallest absolute Gasteiger partial charge is 0.269 e. The monoisotopic (exact) mass is 413 g/mol. The number of amides is 3. The van der Waals surface area contributed by atoms with Crippen molar-refractivity contribution in [2.24, 2.45) is 5.92 Å². The first kappa shape index (κ1) is 20.9. The Bertz CT molecular complexity index is 881. The zero-order valence-electron chi connectivity index (χ0n) is 16.3. The number of rotatable bonds is 4. The topological polar surface area (TPSA) is 78.5 Å². The molecule has 0 radical (unpaired) electrons. The summed E-state index contributed by atoms with van der Waals surface area (Å²) in [5, 5.41) is 0.567. The summed E-state index contributed by atoms with van der Waals surface area (Å²) >= 11 is 5.87. The van der Waals surface area contributed by atoms with Gasteiger partial charge in [0.2, 0.25) is 5.91 Å². The molecule has 0 bridgehead atoms. The first-order chi connectivity index (χ1) is 14.0. The van der Waals surface area contributed by atoms with Crippen molar-refractivity contribution < 1.29 is 14.4 Å². The van der Waals surface area contributed by atoms with E-state index in [1.807, 2.05) is 19.1 Å². The number of halogens is 1. The van der Waals surface area contributed by atoms with Crippen LogP contribution in [0.25, 0.3) is 0 Å². The zero-order valence-corrected chi connectivity index (χ0v) is 17.0. The van der Waals surface area contributed by atoms with Crippen molar-refractivity contribution in [3.05, 3.63) is 70.2 Å². The van der Waals surface area contributed by atoms with E-state index in [0.717, 1.165) is 18.4 Å². The highest BCUT2D eigenvalue weighted by molar-refractivity contribution is 6.30. The minimum absolute atomic E-state index is 0.126. The van der Waals surface area contributed by atoms with Gasteiger partial charge in [0.25, 0.3) is 11.8 Å². The summed E-state index contributed by atoms with van der Waals surface area (Å²) < 4.78 is 0. The van der Waals surface area contributed by atoms with Crippen molar-refractivity contribution in [3.63, 3.8) is 0 Å². The lowest BCUT2D eigenvalue weighted by atomic mass is 9.96. The van der Waals surface area contributed by atoms with Crippen LogP contribution in [0, 0.1) is 5.92 Å². The van der Waals surface area contributed by atoms with Gasteiger partial charge < -0.3 is 4.90 Å². The number of nitrogens with one attached hydrogen (secondary N) is 2. The Hall–Kier alpha value is -2.86. The molecule has 1 atom stereocenters. The third-order valence-corrected chi connectivity index (χ3v) is 5.35. The van der Waals surface area contributed by atoms with E-state index in [-0.39, 0.29) is 23.6 Å². The van der Waals surface area contributed by atoms with Crippen molar-refractivity contribution in [3.8, 4) is 0 Å². The van der Waals surface area contributed by atoms with E-state index in [1.165, 1.54) is 0 Å². The van der Waals surface area contributed by atoms with Gasteiger partial charge in [-0.25, -0.2) is 0 Å². The van der Waals surface area contributed by atoms with Crippen LogP contribution in [0.15, 0.2) is 48.5 Å². The molecule has 1 fully saturated rings. The molecule has 3 amide bonds. The van der Waals surface area contributed by atoms with Gasteiger partial charge >= 0.3 is 0 Å². The standard InChI is InChI=1S/C22H24ClN3O3/c1-2-15-5-7-16(8-6-15)20(27)24-25-21(28)18-4-3-13-26(14-18)22(29)17-9-11-19(23)12-10-17/h5-12,18H,2-4,13-14H2,1H3,(H,24,27)(H,25,28). The van der Waals surface area contributed by atoms with Gasteiger partial charge in [0.1, 0.15) is 0 Å². The summed E-state index contributed by atoms with van der Waals surface area (Å²) in [6.45, 7) is 2.95. The SMILES string of the molecule is CCc1ccc(C(=O)NNC(=O)C2CCCN(C(=O)c3ccc(Cl)cc3)C2)cc1. The van der Waals surface area contributed by atoms with Crippen molar-refractivity contribution in [1.29, 1.82) is 0 Å². The molecule has 2 aromatic carbocycles. The highest BCUT2D eigenvalue weighted by Crippen LogP contribution is 2.19. The summed E-state index contributed by atoms with van der Waals surface area (Å²) in [6.07, 6.45) is 2.28. The van der Waals surface area contributed by atoms with Crippen LogP contribution in [-0.2, 0) is 11.2 Å². The lowest BCUT2D eigenvalue weighted by molar-refractivity contribution is -0.127. The normalized spacial score (nSPS) is 16.2. The number of likely N-dealkylation sites (tertiary alicyclic amines) is 1. The number of nitrogens with zero attached hydrogens (tertiary/aromatic N) is 1. The number of aryl methyl sites for hydroxylation is 1. The highest BCUT2D eigenvalue weighted by atomic mass is 35.5. The van der Waals surface area contributed by atoms with E-state index in [0.29, 0.717) is 35.7 Å². The van der Waals surface area contributed by atoms with E-state index in [1.54, 1.807) is 41.3 Å². The molecular weight excluding hydrogens is 390 g/mol. The Morgan fingerprint density at radius 2 is 1.66 bits per heavy atom. The summed E-state index contributed by atoms with van der Waals surface area (Å²) in [5.74, 6) is -1.16. The van der Waals surface area contributed by atoms with Crippen LogP contribution < -0.4 is 10.9 Å². The molecule has 152 valence electrons. The van der Waals surface area contributed by atoms with Gasteiger partial charge in [-0.15, -0.1) is 0 Å². The number of hydrogen-bond donors (Lipinski definition) is 2. The largest absolute Gasteiger partial charge is 0.338 e. The van der Waals surface area contributed by atoms with E-state index >= 15 is 0 Å². The average Bonchev–Trinajstić information content (AvgIpc) is 2.77. The van der Waals surface area contributed by atoms with E-state index in [2.05, 4.69) is 10.9 Å². The number of carbonyl (C=O) groups excluding carboxylic acids is 3. The van der Waals surface area contributed by atoms with Crippen LogP contribution in [0.4, 0.5) is 0 Å². The molecule has 0 saturated carbocycles. The van der Waals surface area contributed by atoms with Crippen LogP contribution >= 0.6 is 11.6 Å². The van der Waals surface area contributed by atoms with Gasteiger partial charge in [0.05, 0.1) is 5.92 Å². The highest BCUT2D eigenvalue weighted by Gasteiger charge is 2.29. The second-order valence-electron chi connectivity index (χ2n) is 7.09. The maximum atomic E-state index is 12.7. The molecule has 7 heteroatoms. The molecule has 1 heterocycles. The number of hydrogen-bond acceptors (Lipinski definition) is 3. The third-order valence-electron chi connectivity index (χ3n) is 5.09. The van der Waals surface area contributed by atoms with Gasteiger partial charge in [-0.05, 0) is 61.2 Å². The minimum atomic E-state index is -0.372. The van der Waals surface area contributed by atoms with Crippen molar-refractivity contribution in [2.45, 2.75) is 26.2 Å². The predicted octanol–water partition coefficient (Wildman–Crippen LogP) is 3.22. The molecule has 3 rings (SSSR count). The Kier molecular flexibility index (Phi) is 6.88. The Morgan fingerprint density at radius 1 is 1.00 bits per heavy atom. The number of piperidine rings is 1. The molecule has 2 N–H and O–H groups in total. The summed E-state index contributed by atoms with van der Waals surface area (Å²) in [4.78, 5) is 39.1. The number of benzene rings is 2. The van der Waals surface area contributed by atoms with Crippen molar-refractivity contribution in [2.75, 3.05) is 13.1 Å². The first-order valence-corrected chi connectivity index (χ1v) is 10.1. The molecule has 6 nitrogen and oxygen atoms in total. The van der Waals surface area contributed by atoms with E-state index < -0.39 is 0 Å². The van der Waals surface area contributed by atoms with Gasteiger partial charge in [-0.2, -0.15) is 0 Å². The molecule has 0 spiro atoms. The second kappa shape index (κ2) is 9.56. The van der Waals surface area contributed by atoms with Crippen LogP contribution in [-0.4, -0.2) is 35.7 Å².